The van der Waals surface area contributed by atoms with E-state index in [-0.39, 0.29) is 23.8 Å². The van der Waals surface area contributed by atoms with E-state index < -0.39 is 28.5 Å². The first-order valence-corrected chi connectivity index (χ1v) is 17.3. The number of hydrogen-bond acceptors (Lipinski definition) is 4. The average Bonchev–Trinajstić information content (AvgIpc) is 3.02. The first kappa shape index (κ1) is 34.7. The molecule has 0 heterocycles. The molecule has 46 heavy (non-hydrogen) atoms. The zero-order valence-electron chi connectivity index (χ0n) is 26.9. The second-order valence-electron chi connectivity index (χ2n) is 11.6. The highest BCUT2D eigenvalue weighted by molar-refractivity contribution is 7.92. The van der Waals surface area contributed by atoms with Gasteiger partial charge in [-0.25, -0.2) is 8.42 Å². The normalized spacial score (nSPS) is 11.9. The second kappa shape index (κ2) is 15.9. The number of aryl methyl sites for hydroxylation is 3. The van der Waals surface area contributed by atoms with Crippen LogP contribution in [0.3, 0.4) is 0 Å². The number of amides is 2. The first-order valence-electron chi connectivity index (χ1n) is 15.5. The minimum atomic E-state index is -4.17. The van der Waals surface area contributed by atoms with Crippen LogP contribution in [0.2, 0.25) is 5.02 Å². The standard InChI is InChI=1S/C37H42ClN3O4S/c1-5-6-21-39-37(43)35(24-30-11-8-7-9-12-30)40(25-31-13-10-14-32(38)23-31)36(42)26-41(34-20-17-28(3)22-29(34)4)46(44,45)33-18-15-27(2)16-19-33/h7-20,22-23,35H,5-6,21,24-26H2,1-4H3,(H,39,43)/t35-/m1/s1. The van der Waals surface area contributed by atoms with E-state index in [2.05, 4.69) is 5.32 Å². The van der Waals surface area contributed by atoms with Gasteiger partial charge in [0.1, 0.15) is 12.6 Å². The number of halogens is 1. The van der Waals surface area contributed by atoms with Crippen molar-refractivity contribution in [2.24, 2.45) is 0 Å². The number of carbonyl (C=O) groups is 2. The van der Waals surface area contributed by atoms with Gasteiger partial charge in [-0.2, -0.15) is 0 Å². The highest BCUT2D eigenvalue weighted by Crippen LogP contribution is 2.29. The Kier molecular flexibility index (Phi) is 12.0. The van der Waals surface area contributed by atoms with E-state index in [9.17, 15) is 18.0 Å². The summed E-state index contributed by atoms with van der Waals surface area (Å²) in [6, 6.07) is 27.7. The molecule has 0 radical (unpaired) electrons. The van der Waals surface area contributed by atoms with Gasteiger partial charge in [0.25, 0.3) is 10.0 Å². The summed E-state index contributed by atoms with van der Waals surface area (Å²) in [6.45, 7) is 7.70. The number of rotatable bonds is 14. The van der Waals surface area contributed by atoms with Crippen LogP contribution in [0.5, 0.6) is 0 Å². The zero-order chi connectivity index (χ0) is 33.3. The molecule has 4 aromatic rings. The van der Waals surface area contributed by atoms with Gasteiger partial charge in [-0.15, -0.1) is 0 Å². The van der Waals surface area contributed by atoms with Crippen molar-refractivity contribution in [2.75, 3.05) is 17.4 Å². The van der Waals surface area contributed by atoms with Gasteiger partial charge < -0.3 is 10.2 Å². The molecule has 9 heteroatoms. The van der Waals surface area contributed by atoms with Crippen LogP contribution in [0.1, 0.15) is 47.6 Å². The molecule has 4 aromatic carbocycles. The lowest BCUT2D eigenvalue weighted by Crippen LogP contribution is -2.53. The fourth-order valence-electron chi connectivity index (χ4n) is 5.33. The van der Waals surface area contributed by atoms with Gasteiger partial charge in [0.15, 0.2) is 0 Å². The molecule has 0 spiro atoms. The summed E-state index contributed by atoms with van der Waals surface area (Å²) >= 11 is 6.33. The van der Waals surface area contributed by atoms with E-state index in [0.29, 0.717) is 22.8 Å². The Balaban J connectivity index is 1.81. The van der Waals surface area contributed by atoms with Crippen molar-refractivity contribution in [1.82, 2.24) is 10.2 Å². The maximum absolute atomic E-state index is 14.6. The molecule has 0 saturated carbocycles. The number of hydrogen-bond donors (Lipinski definition) is 1. The lowest BCUT2D eigenvalue weighted by molar-refractivity contribution is -0.140. The van der Waals surface area contributed by atoms with Gasteiger partial charge in [0.2, 0.25) is 11.8 Å². The van der Waals surface area contributed by atoms with Gasteiger partial charge in [-0.05, 0) is 74.2 Å². The predicted octanol–water partition coefficient (Wildman–Crippen LogP) is 7.02. The Hall–Kier alpha value is -4.14. The Morgan fingerprint density at radius 3 is 2.15 bits per heavy atom. The molecule has 0 aliphatic carbocycles. The fraction of sp³-hybridized carbons (Fsp3) is 0.297. The minimum absolute atomic E-state index is 0.0589. The molecule has 4 rings (SSSR count). The molecule has 2 amide bonds. The van der Waals surface area contributed by atoms with Crippen LogP contribution in [0.15, 0.2) is 102 Å². The van der Waals surface area contributed by atoms with Gasteiger partial charge in [-0.1, -0.05) is 103 Å². The van der Waals surface area contributed by atoms with Crippen LogP contribution in [0, 0.1) is 20.8 Å². The van der Waals surface area contributed by atoms with Crippen LogP contribution in [0.4, 0.5) is 5.69 Å². The Bertz CT molecular complexity index is 1740. The van der Waals surface area contributed by atoms with E-state index in [1.807, 2.05) is 76.2 Å². The molecular formula is C37H42ClN3O4S. The summed E-state index contributed by atoms with van der Waals surface area (Å²) in [5.74, 6) is -0.811. The molecule has 242 valence electrons. The lowest BCUT2D eigenvalue weighted by Gasteiger charge is -2.34. The fourth-order valence-corrected chi connectivity index (χ4v) is 7.02. The molecule has 1 N–H and O–H groups in total. The van der Waals surface area contributed by atoms with Crippen molar-refractivity contribution >= 4 is 39.1 Å². The number of benzene rings is 4. The van der Waals surface area contributed by atoms with Crippen LogP contribution >= 0.6 is 11.6 Å². The molecule has 0 fully saturated rings. The summed E-state index contributed by atoms with van der Waals surface area (Å²) in [4.78, 5) is 30.0. The maximum Gasteiger partial charge on any atom is 0.264 e. The van der Waals surface area contributed by atoms with Gasteiger partial charge in [0, 0.05) is 24.5 Å². The monoisotopic (exact) mass is 659 g/mol. The van der Waals surface area contributed by atoms with Gasteiger partial charge in [-0.3, -0.25) is 13.9 Å². The highest BCUT2D eigenvalue weighted by atomic mass is 35.5. The second-order valence-corrected chi connectivity index (χ2v) is 13.9. The van der Waals surface area contributed by atoms with Crippen LogP contribution in [-0.4, -0.2) is 44.3 Å². The predicted molar refractivity (Wildman–Crippen MR) is 185 cm³/mol. The average molecular weight is 660 g/mol. The Morgan fingerprint density at radius 1 is 0.826 bits per heavy atom. The topological polar surface area (TPSA) is 86.8 Å². The van der Waals surface area contributed by atoms with E-state index >= 15 is 0 Å². The molecule has 0 aromatic heterocycles. The van der Waals surface area contributed by atoms with Crippen molar-refractivity contribution in [3.05, 3.63) is 130 Å². The van der Waals surface area contributed by atoms with Crippen molar-refractivity contribution in [3.63, 3.8) is 0 Å². The Labute approximate surface area is 278 Å². The SMILES string of the molecule is CCCCNC(=O)[C@@H](Cc1ccccc1)N(Cc1cccc(Cl)c1)C(=O)CN(c1ccc(C)cc1C)S(=O)(=O)c1ccc(C)cc1. The summed E-state index contributed by atoms with van der Waals surface area (Å²) in [6.07, 6.45) is 1.94. The molecular weight excluding hydrogens is 618 g/mol. The van der Waals surface area contributed by atoms with Crippen LogP contribution in [-0.2, 0) is 32.6 Å². The minimum Gasteiger partial charge on any atom is -0.354 e. The molecule has 1 atom stereocenters. The van der Waals surface area contributed by atoms with E-state index in [4.69, 9.17) is 11.6 Å². The summed E-state index contributed by atoms with van der Waals surface area (Å²) in [5, 5.41) is 3.50. The van der Waals surface area contributed by atoms with Crippen molar-refractivity contribution < 1.29 is 18.0 Å². The van der Waals surface area contributed by atoms with Crippen LogP contribution in [0.25, 0.3) is 0 Å². The van der Waals surface area contributed by atoms with E-state index in [1.165, 1.54) is 4.90 Å². The van der Waals surface area contributed by atoms with Crippen LogP contribution < -0.4 is 9.62 Å². The summed E-state index contributed by atoms with van der Waals surface area (Å²) in [7, 11) is -4.17. The number of carbonyl (C=O) groups excluding carboxylic acids is 2. The smallest absolute Gasteiger partial charge is 0.264 e. The summed E-state index contributed by atoms with van der Waals surface area (Å²) in [5.41, 5.74) is 4.59. The third-order valence-electron chi connectivity index (χ3n) is 7.85. The number of nitrogens with zero attached hydrogens (tertiary/aromatic N) is 2. The molecule has 0 saturated heterocycles. The number of unbranched alkanes of at least 4 members (excludes halogenated alkanes) is 1. The molecule has 0 bridgehead atoms. The molecule has 0 aliphatic rings. The van der Waals surface area contributed by atoms with E-state index in [1.54, 1.807) is 48.5 Å². The maximum atomic E-state index is 14.6. The third-order valence-corrected chi connectivity index (χ3v) is 9.86. The van der Waals surface area contributed by atoms with Crippen molar-refractivity contribution in [3.8, 4) is 0 Å². The number of anilines is 1. The quantitative estimate of drug-likeness (QED) is 0.148. The zero-order valence-corrected chi connectivity index (χ0v) is 28.4. The number of nitrogens with one attached hydrogen (secondary N) is 1. The summed E-state index contributed by atoms with van der Waals surface area (Å²) < 4.78 is 29.7. The van der Waals surface area contributed by atoms with Crippen molar-refractivity contribution in [2.45, 2.75) is 64.4 Å². The molecule has 0 unspecified atom stereocenters. The largest absolute Gasteiger partial charge is 0.354 e. The Morgan fingerprint density at radius 2 is 1.50 bits per heavy atom. The number of sulfonamides is 1. The van der Waals surface area contributed by atoms with Gasteiger partial charge in [0.05, 0.1) is 10.6 Å². The van der Waals surface area contributed by atoms with Gasteiger partial charge >= 0.3 is 0 Å². The van der Waals surface area contributed by atoms with Crippen molar-refractivity contribution in [1.29, 1.82) is 0 Å². The lowest BCUT2D eigenvalue weighted by atomic mass is 10.0. The third kappa shape index (κ3) is 8.98. The first-order chi connectivity index (χ1) is 22.0. The molecule has 0 aliphatic heterocycles. The highest BCUT2D eigenvalue weighted by Gasteiger charge is 2.35. The molecule has 7 nitrogen and oxygen atoms in total. The van der Waals surface area contributed by atoms with E-state index in [0.717, 1.165) is 39.4 Å².